The van der Waals surface area contributed by atoms with Gasteiger partial charge in [-0.1, -0.05) is 48.2 Å². The van der Waals surface area contributed by atoms with Crippen molar-refractivity contribution in [2.24, 2.45) is 0 Å². The average Bonchev–Trinajstić information content (AvgIpc) is 3.16. The molecule has 36 heavy (non-hydrogen) atoms. The summed E-state index contributed by atoms with van der Waals surface area (Å²) in [5.74, 6) is 1.42. The fraction of sp³-hybridized carbons (Fsp3) is 0.154. The molecule has 1 aliphatic rings. The molecule has 0 radical (unpaired) electrons. The number of nitro groups is 1. The van der Waals surface area contributed by atoms with Gasteiger partial charge in [0, 0.05) is 12.1 Å². The lowest BCUT2D eigenvalue weighted by atomic mass is 10.1. The van der Waals surface area contributed by atoms with Crippen LogP contribution in [0, 0.1) is 10.1 Å². The molecule has 0 bridgehead atoms. The number of carbonyl (C=O) groups is 1. The smallest absolute Gasteiger partial charge is 0.270 e. The van der Waals surface area contributed by atoms with Crippen LogP contribution in [0.15, 0.2) is 77.7 Å². The molecule has 0 aliphatic carbocycles. The molecule has 4 rings (SSSR count). The maximum atomic E-state index is 13.0. The molecule has 0 saturated carbocycles. The van der Waals surface area contributed by atoms with E-state index in [1.165, 1.54) is 28.8 Å². The zero-order valence-electron chi connectivity index (χ0n) is 19.3. The number of amides is 1. The summed E-state index contributed by atoms with van der Waals surface area (Å²) >= 11 is 6.69. The Labute approximate surface area is 217 Å². The maximum Gasteiger partial charge on any atom is 0.270 e. The Morgan fingerprint density at radius 3 is 2.39 bits per heavy atom. The van der Waals surface area contributed by atoms with Gasteiger partial charge in [0.2, 0.25) is 0 Å². The molecule has 3 aromatic rings. The summed E-state index contributed by atoms with van der Waals surface area (Å²) in [5.41, 5.74) is 1.52. The highest BCUT2D eigenvalue weighted by atomic mass is 32.2. The summed E-state index contributed by atoms with van der Waals surface area (Å²) < 4.78 is 17.6. The second-order valence-electron chi connectivity index (χ2n) is 7.44. The first-order chi connectivity index (χ1) is 17.5. The molecule has 0 N–H and O–H groups in total. The first-order valence-corrected chi connectivity index (χ1v) is 12.3. The van der Waals surface area contributed by atoms with E-state index >= 15 is 0 Å². The van der Waals surface area contributed by atoms with Crippen LogP contribution < -0.4 is 19.1 Å². The van der Waals surface area contributed by atoms with Gasteiger partial charge >= 0.3 is 0 Å². The van der Waals surface area contributed by atoms with Crippen LogP contribution >= 0.6 is 24.0 Å². The molecule has 0 atom stereocenters. The normalized spacial score (nSPS) is 14.2. The van der Waals surface area contributed by atoms with Crippen molar-refractivity contribution in [2.75, 3.05) is 24.7 Å². The highest BCUT2D eigenvalue weighted by Gasteiger charge is 2.33. The summed E-state index contributed by atoms with van der Waals surface area (Å²) in [6.45, 7) is 2.80. The number of hydrogen-bond acceptors (Lipinski definition) is 8. The van der Waals surface area contributed by atoms with E-state index in [1.807, 2.05) is 49.4 Å². The molecular weight excluding hydrogens is 500 g/mol. The molecular formula is C26H22N2O6S2. The number of rotatable bonds is 10. The zero-order chi connectivity index (χ0) is 25.5. The fourth-order valence-electron chi connectivity index (χ4n) is 3.40. The average molecular weight is 523 g/mol. The van der Waals surface area contributed by atoms with Gasteiger partial charge in [0.05, 0.1) is 22.1 Å². The van der Waals surface area contributed by atoms with Gasteiger partial charge in [-0.2, -0.15) is 0 Å². The molecule has 3 aromatic carbocycles. The van der Waals surface area contributed by atoms with Gasteiger partial charge in [0.1, 0.15) is 19.0 Å². The second kappa shape index (κ2) is 11.7. The van der Waals surface area contributed by atoms with Crippen LogP contribution in [0.1, 0.15) is 12.5 Å². The minimum absolute atomic E-state index is 0.00214. The molecule has 1 saturated heterocycles. The first kappa shape index (κ1) is 25.2. The van der Waals surface area contributed by atoms with Gasteiger partial charge in [0.15, 0.2) is 15.8 Å². The number of benzene rings is 3. The summed E-state index contributed by atoms with van der Waals surface area (Å²) in [7, 11) is 0. The molecule has 0 spiro atoms. The van der Waals surface area contributed by atoms with Crippen molar-refractivity contribution >= 4 is 51.7 Å². The molecule has 1 aliphatic heterocycles. The lowest BCUT2D eigenvalue weighted by Gasteiger charge is -2.14. The number of anilines is 1. The van der Waals surface area contributed by atoms with E-state index in [0.717, 1.165) is 11.3 Å². The van der Waals surface area contributed by atoms with E-state index in [-0.39, 0.29) is 24.8 Å². The predicted molar refractivity (Wildman–Crippen MR) is 144 cm³/mol. The summed E-state index contributed by atoms with van der Waals surface area (Å²) in [6.07, 6.45) is 1.78. The fourth-order valence-corrected chi connectivity index (χ4v) is 4.69. The molecule has 0 unspecified atom stereocenters. The Balaban J connectivity index is 1.41. The minimum atomic E-state index is -0.462. The van der Waals surface area contributed by atoms with Gasteiger partial charge in [-0.15, -0.1) is 0 Å². The first-order valence-electron chi connectivity index (χ1n) is 11.1. The van der Waals surface area contributed by atoms with Crippen molar-refractivity contribution in [2.45, 2.75) is 6.92 Å². The second-order valence-corrected chi connectivity index (χ2v) is 9.12. The number of hydrogen-bond donors (Lipinski definition) is 0. The SMILES string of the molecule is CCOc1cc(/C=C2/SC(=S)N(c3ccccc3)C2=O)ccc1OCCOc1ccc([N+](=O)[O-])cc1. The number of thiocarbonyl (C=S) groups is 1. The van der Waals surface area contributed by atoms with E-state index in [1.54, 1.807) is 24.3 Å². The maximum absolute atomic E-state index is 13.0. The molecule has 1 heterocycles. The lowest BCUT2D eigenvalue weighted by Crippen LogP contribution is -2.27. The number of non-ortho nitro benzene ring substituents is 1. The van der Waals surface area contributed by atoms with Crippen molar-refractivity contribution in [1.29, 1.82) is 0 Å². The van der Waals surface area contributed by atoms with Crippen molar-refractivity contribution < 1.29 is 23.9 Å². The lowest BCUT2D eigenvalue weighted by molar-refractivity contribution is -0.384. The van der Waals surface area contributed by atoms with E-state index in [0.29, 0.717) is 33.1 Å². The van der Waals surface area contributed by atoms with Crippen LogP contribution in [0.4, 0.5) is 11.4 Å². The van der Waals surface area contributed by atoms with Crippen molar-refractivity contribution in [3.63, 3.8) is 0 Å². The number of nitrogens with zero attached hydrogens (tertiary/aromatic N) is 2. The van der Waals surface area contributed by atoms with Gasteiger partial charge in [-0.3, -0.25) is 19.8 Å². The van der Waals surface area contributed by atoms with Crippen LogP contribution in [0.25, 0.3) is 6.08 Å². The van der Waals surface area contributed by atoms with E-state index in [4.69, 9.17) is 26.4 Å². The van der Waals surface area contributed by atoms with E-state index in [2.05, 4.69) is 0 Å². The Kier molecular flexibility index (Phi) is 8.19. The number of ether oxygens (including phenoxy) is 3. The van der Waals surface area contributed by atoms with Gasteiger partial charge < -0.3 is 14.2 Å². The van der Waals surface area contributed by atoms with Crippen LogP contribution in [-0.4, -0.2) is 35.0 Å². The third-order valence-corrected chi connectivity index (χ3v) is 6.33. The topological polar surface area (TPSA) is 91.1 Å². The van der Waals surface area contributed by atoms with Crippen LogP contribution in [-0.2, 0) is 4.79 Å². The van der Waals surface area contributed by atoms with Crippen LogP contribution in [0.5, 0.6) is 17.2 Å². The van der Waals surface area contributed by atoms with E-state index in [9.17, 15) is 14.9 Å². The Morgan fingerprint density at radius 1 is 0.972 bits per heavy atom. The summed E-state index contributed by atoms with van der Waals surface area (Å²) in [6, 6.07) is 20.6. The number of carbonyl (C=O) groups excluding carboxylic acids is 1. The number of thioether (sulfide) groups is 1. The quantitative estimate of drug-likeness (QED) is 0.108. The Hall–Kier alpha value is -3.89. The molecule has 1 amide bonds. The summed E-state index contributed by atoms with van der Waals surface area (Å²) in [5, 5.41) is 10.7. The van der Waals surface area contributed by atoms with Crippen molar-refractivity contribution in [1.82, 2.24) is 0 Å². The molecule has 10 heteroatoms. The number of nitro benzene ring substituents is 1. The summed E-state index contributed by atoms with van der Waals surface area (Å²) in [4.78, 5) is 25.3. The van der Waals surface area contributed by atoms with Gasteiger partial charge in [-0.25, -0.2) is 0 Å². The molecule has 8 nitrogen and oxygen atoms in total. The van der Waals surface area contributed by atoms with Gasteiger partial charge in [0.25, 0.3) is 11.6 Å². The van der Waals surface area contributed by atoms with Crippen molar-refractivity contribution in [3.8, 4) is 17.2 Å². The van der Waals surface area contributed by atoms with Gasteiger partial charge in [-0.05, 0) is 55.0 Å². The van der Waals surface area contributed by atoms with Crippen molar-refractivity contribution in [3.05, 3.63) is 93.4 Å². The third-order valence-electron chi connectivity index (χ3n) is 5.03. The third kappa shape index (κ3) is 6.02. The van der Waals surface area contributed by atoms with Crippen LogP contribution in [0.3, 0.4) is 0 Å². The highest BCUT2D eigenvalue weighted by molar-refractivity contribution is 8.27. The molecule has 1 fully saturated rings. The Bertz CT molecular complexity index is 1300. The molecule has 184 valence electrons. The van der Waals surface area contributed by atoms with E-state index < -0.39 is 4.92 Å². The minimum Gasteiger partial charge on any atom is -0.490 e. The standard InChI is InChI=1S/C26H22N2O6S2/c1-2-32-23-16-18(17-24-25(29)27(26(35)36-24)19-6-4-3-5-7-19)8-13-22(23)34-15-14-33-21-11-9-20(10-12-21)28(30)31/h3-13,16-17H,2,14-15H2,1H3/b24-17+. The zero-order valence-corrected chi connectivity index (χ0v) is 20.9. The number of para-hydroxylation sites is 1. The monoisotopic (exact) mass is 522 g/mol. The molecule has 0 aromatic heterocycles. The highest BCUT2D eigenvalue weighted by Crippen LogP contribution is 2.37. The predicted octanol–water partition coefficient (Wildman–Crippen LogP) is 5.86. The Morgan fingerprint density at radius 2 is 1.69 bits per heavy atom. The van der Waals surface area contributed by atoms with Crippen LogP contribution in [0.2, 0.25) is 0 Å². The largest absolute Gasteiger partial charge is 0.490 e.